The Morgan fingerprint density at radius 3 is 2.18 bits per heavy atom. The third kappa shape index (κ3) is 6.95. The molecule has 0 aromatic heterocycles. The lowest BCUT2D eigenvalue weighted by molar-refractivity contribution is 0.0110. The van der Waals surface area contributed by atoms with Crippen molar-refractivity contribution < 1.29 is 14.9 Å². The predicted molar refractivity (Wildman–Crippen MR) is 67.1 cm³/mol. The Labute approximate surface area is 104 Å². The highest BCUT2D eigenvalue weighted by Gasteiger charge is 2.22. The van der Waals surface area contributed by atoms with E-state index >= 15 is 0 Å². The molecule has 0 atom stereocenters. The van der Waals surface area contributed by atoms with Crippen molar-refractivity contribution in [3.8, 4) is 0 Å². The van der Waals surface area contributed by atoms with E-state index in [1.54, 1.807) is 0 Å². The van der Waals surface area contributed by atoms with Crippen molar-refractivity contribution in [2.75, 3.05) is 59.1 Å². The molecule has 0 aromatic carbocycles. The number of β-amino-alcohol motifs (C(OH)–C–C–N with tert-alkyl or cyclic N) is 1. The molecule has 0 aliphatic carbocycles. The summed E-state index contributed by atoms with van der Waals surface area (Å²) in [5.74, 6) is 0. The van der Waals surface area contributed by atoms with Crippen LogP contribution >= 0.6 is 0 Å². The molecule has 0 unspecified atom stereocenters. The van der Waals surface area contributed by atoms with E-state index in [2.05, 4.69) is 9.80 Å². The molecule has 0 aromatic rings. The van der Waals surface area contributed by atoms with E-state index in [4.69, 9.17) is 9.84 Å². The van der Waals surface area contributed by atoms with Gasteiger partial charge < -0.3 is 14.9 Å². The zero-order valence-electron chi connectivity index (χ0n) is 11.1. The second-order valence-corrected chi connectivity index (χ2v) is 5.27. The lowest BCUT2D eigenvalue weighted by Crippen LogP contribution is -2.51. The fourth-order valence-corrected chi connectivity index (χ4v) is 2.08. The Morgan fingerprint density at radius 2 is 1.65 bits per heavy atom. The van der Waals surface area contributed by atoms with E-state index in [0.29, 0.717) is 13.2 Å². The van der Waals surface area contributed by atoms with Gasteiger partial charge in [-0.1, -0.05) is 0 Å². The molecule has 0 amide bonds. The molecule has 1 saturated heterocycles. The largest absolute Gasteiger partial charge is 0.394 e. The van der Waals surface area contributed by atoms with Gasteiger partial charge in [0.15, 0.2) is 0 Å². The van der Waals surface area contributed by atoms with E-state index in [0.717, 1.165) is 39.3 Å². The maximum atomic E-state index is 9.74. The molecule has 102 valence electrons. The Hall–Kier alpha value is -0.200. The van der Waals surface area contributed by atoms with Crippen LogP contribution in [0.1, 0.15) is 13.8 Å². The van der Waals surface area contributed by atoms with Crippen molar-refractivity contribution in [2.45, 2.75) is 19.4 Å². The summed E-state index contributed by atoms with van der Waals surface area (Å²) in [6.07, 6.45) is 0. The lowest BCUT2D eigenvalue weighted by Gasteiger charge is -2.37. The molecule has 0 bridgehead atoms. The van der Waals surface area contributed by atoms with Crippen molar-refractivity contribution >= 4 is 0 Å². The summed E-state index contributed by atoms with van der Waals surface area (Å²) in [5.41, 5.74) is -0.605. The standard InChI is InChI=1S/C12H26N2O3/c1-12(2,16)11-14-5-3-13(4-6-14)7-9-17-10-8-15/h15-16H,3-11H2,1-2H3. The van der Waals surface area contributed by atoms with Crippen LogP contribution in [-0.4, -0.2) is 84.7 Å². The van der Waals surface area contributed by atoms with Crippen LogP contribution in [0.5, 0.6) is 0 Å². The van der Waals surface area contributed by atoms with Crippen LogP contribution < -0.4 is 0 Å². The predicted octanol–water partition coefficient (Wildman–Crippen LogP) is -0.616. The molecule has 1 aliphatic rings. The minimum Gasteiger partial charge on any atom is -0.394 e. The second kappa shape index (κ2) is 7.28. The maximum absolute atomic E-state index is 9.74. The van der Waals surface area contributed by atoms with Gasteiger partial charge in [0.05, 0.1) is 25.4 Å². The lowest BCUT2D eigenvalue weighted by atomic mass is 10.1. The summed E-state index contributed by atoms with van der Waals surface area (Å²) in [6, 6.07) is 0. The average molecular weight is 246 g/mol. The summed E-state index contributed by atoms with van der Waals surface area (Å²) in [5, 5.41) is 18.3. The van der Waals surface area contributed by atoms with Gasteiger partial charge in [-0.3, -0.25) is 9.80 Å². The van der Waals surface area contributed by atoms with Gasteiger partial charge in [0.25, 0.3) is 0 Å². The zero-order chi connectivity index (χ0) is 12.7. The van der Waals surface area contributed by atoms with Gasteiger partial charge in [0.1, 0.15) is 0 Å². The fourth-order valence-electron chi connectivity index (χ4n) is 2.08. The summed E-state index contributed by atoms with van der Waals surface area (Å²) in [7, 11) is 0. The smallest absolute Gasteiger partial charge is 0.0718 e. The molecule has 1 fully saturated rings. The number of piperazine rings is 1. The van der Waals surface area contributed by atoms with E-state index in [1.165, 1.54) is 0 Å². The molecular formula is C12H26N2O3. The van der Waals surface area contributed by atoms with Gasteiger partial charge in [0, 0.05) is 39.3 Å². The minimum absolute atomic E-state index is 0.0966. The SMILES string of the molecule is CC(C)(O)CN1CCN(CCOCCO)CC1. The van der Waals surface area contributed by atoms with Crippen LogP contribution in [0.4, 0.5) is 0 Å². The molecule has 0 spiro atoms. The number of nitrogens with zero attached hydrogens (tertiary/aromatic N) is 2. The Morgan fingerprint density at radius 1 is 1.06 bits per heavy atom. The quantitative estimate of drug-likeness (QED) is 0.587. The number of ether oxygens (including phenoxy) is 1. The number of hydrogen-bond acceptors (Lipinski definition) is 5. The van der Waals surface area contributed by atoms with Crippen LogP contribution in [0, 0.1) is 0 Å². The van der Waals surface area contributed by atoms with Gasteiger partial charge in [0.2, 0.25) is 0 Å². The third-order valence-corrected chi connectivity index (χ3v) is 2.86. The fraction of sp³-hybridized carbons (Fsp3) is 1.00. The van der Waals surface area contributed by atoms with Gasteiger partial charge in [-0.15, -0.1) is 0 Å². The highest BCUT2D eigenvalue weighted by molar-refractivity contribution is 4.77. The van der Waals surface area contributed by atoms with Crippen molar-refractivity contribution in [1.82, 2.24) is 9.80 Å². The summed E-state index contributed by atoms with van der Waals surface area (Å²) >= 11 is 0. The average Bonchev–Trinajstić information content (AvgIpc) is 2.25. The first kappa shape index (κ1) is 14.9. The molecule has 2 N–H and O–H groups in total. The first-order chi connectivity index (χ1) is 8.01. The van der Waals surface area contributed by atoms with Crippen molar-refractivity contribution in [1.29, 1.82) is 0 Å². The topological polar surface area (TPSA) is 56.2 Å². The Bertz CT molecular complexity index is 198. The van der Waals surface area contributed by atoms with Crippen LogP contribution in [0.2, 0.25) is 0 Å². The van der Waals surface area contributed by atoms with Gasteiger partial charge in [-0.05, 0) is 13.8 Å². The summed E-state index contributed by atoms with van der Waals surface area (Å²) in [4.78, 5) is 4.66. The second-order valence-electron chi connectivity index (χ2n) is 5.27. The monoisotopic (exact) mass is 246 g/mol. The van der Waals surface area contributed by atoms with Crippen LogP contribution in [-0.2, 0) is 4.74 Å². The molecule has 17 heavy (non-hydrogen) atoms. The first-order valence-electron chi connectivity index (χ1n) is 6.37. The van der Waals surface area contributed by atoms with E-state index in [1.807, 2.05) is 13.8 Å². The Kier molecular flexibility index (Phi) is 6.37. The van der Waals surface area contributed by atoms with Gasteiger partial charge >= 0.3 is 0 Å². The molecule has 1 aliphatic heterocycles. The highest BCUT2D eigenvalue weighted by atomic mass is 16.5. The van der Waals surface area contributed by atoms with E-state index in [-0.39, 0.29) is 6.61 Å². The zero-order valence-corrected chi connectivity index (χ0v) is 11.1. The van der Waals surface area contributed by atoms with Crippen LogP contribution in [0.3, 0.4) is 0 Å². The number of rotatable bonds is 7. The van der Waals surface area contributed by atoms with Crippen LogP contribution in [0.15, 0.2) is 0 Å². The number of aliphatic hydroxyl groups is 2. The molecule has 0 radical (unpaired) electrons. The number of aliphatic hydroxyl groups excluding tert-OH is 1. The molecule has 1 rings (SSSR count). The highest BCUT2D eigenvalue weighted by Crippen LogP contribution is 2.08. The normalized spacial score (nSPS) is 19.8. The molecule has 0 saturated carbocycles. The van der Waals surface area contributed by atoms with E-state index in [9.17, 15) is 5.11 Å². The van der Waals surface area contributed by atoms with Crippen molar-refractivity contribution in [3.05, 3.63) is 0 Å². The molecule has 5 heteroatoms. The van der Waals surface area contributed by atoms with Crippen molar-refractivity contribution in [3.63, 3.8) is 0 Å². The number of hydrogen-bond donors (Lipinski definition) is 2. The molecule has 5 nitrogen and oxygen atoms in total. The van der Waals surface area contributed by atoms with Gasteiger partial charge in [-0.25, -0.2) is 0 Å². The Balaban J connectivity index is 2.09. The summed E-state index contributed by atoms with van der Waals surface area (Å²) < 4.78 is 5.25. The van der Waals surface area contributed by atoms with E-state index < -0.39 is 5.60 Å². The maximum Gasteiger partial charge on any atom is 0.0718 e. The minimum atomic E-state index is -0.605. The van der Waals surface area contributed by atoms with Crippen LogP contribution in [0.25, 0.3) is 0 Å². The third-order valence-electron chi connectivity index (χ3n) is 2.86. The van der Waals surface area contributed by atoms with Crippen molar-refractivity contribution in [2.24, 2.45) is 0 Å². The molecular weight excluding hydrogens is 220 g/mol. The summed E-state index contributed by atoms with van der Waals surface area (Å²) in [6.45, 7) is 10.6. The first-order valence-corrected chi connectivity index (χ1v) is 6.37. The van der Waals surface area contributed by atoms with Gasteiger partial charge in [-0.2, -0.15) is 0 Å². The molecule has 1 heterocycles.